The van der Waals surface area contributed by atoms with Crippen LogP contribution in [0.5, 0.6) is 0 Å². The van der Waals surface area contributed by atoms with Crippen molar-refractivity contribution < 1.29 is 19.1 Å². The van der Waals surface area contributed by atoms with Crippen molar-refractivity contribution in [2.75, 3.05) is 13.2 Å². The van der Waals surface area contributed by atoms with Crippen molar-refractivity contribution in [2.45, 2.75) is 124 Å². The first-order chi connectivity index (χ1) is 15.9. The summed E-state index contributed by atoms with van der Waals surface area (Å²) >= 11 is 0. The molecule has 0 heterocycles. The minimum atomic E-state index is -0.366. The van der Waals surface area contributed by atoms with E-state index in [0.717, 1.165) is 6.42 Å². The molecule has 0 aromatic carbocycles. The number of carbonyl (C=O) groups excluding carboxylic acids is 2. The van der Waals surface area contributed by atoms with Crippen LogP contribution in [-0.4, -0.2) is 25.2 Å². The first-order valence-corrected chi connectivity index (χ1v) is 13.1. The van der Waals surface area contributed by atoms with Gasteiger partial charge in [0, 0.05) is 11.1 Å². The second-order valence-corrected chi connectivity index (χ2v) is 8.89. The van der Waals surface area contributed by atoms with E-state index in [2.05, 4.69) is 31.4 Å². The van der Waals surface area contributed by atoms with Crippen LogP contribution < -0.4 is 0 Å². The van der Waals surface area contributed by atoms with Crippen molar-refractivity contribution >= 4 is 11.9 Å². The molecule has 0 aliphatic rings. The fourth-order valence-corrected chi connectivity index (χ4v) is 3.20. The molecule has 0 atom stereocenters. The Hall–Kier alpha value is -1.84. The van der Waals surface area contributed by atoms with Gasteiger partial charge in [0.25, 0.3) is 0 Å². The lowest BCUT2D eigenvalue weighted by atomic mass is 10.0. The van der Waals surface area contributed by atoms with Crippen LogP contribution in [0.15, 0.2) is 37.0 Å². The molecule has 0 rings (SSSR count). The van der Waals surface area contributed by atoms with Gasteiger partial charge in [0.1, 0.15) is 6.61 Å². The number of rotatable bonds is 21. The van der Waals surface area contributed by atoms with E-state index in [9.17, 15) is 9.59 Å². The summed E-state index contributed by atoms with van der Waals surface area (Å²) in [5, 5.41) is 0. The highest BCUT2D eigenvalue weighted by Crippen LogP contribution is 2.13. The first kappa shape index (κ1) is 33.3. The average Bonchev–Trinajstić information content (AvgIpc) is 2.79. The summed E-state index contributed by atoms with van der Waals surface area (Å²) in [7, 11) is 0. The Labute approximate surface area is 204 Å². The maximum atomic E-state index is 11.2. The number of esters is 2. The summed E-state index contributed by atoms with van der Waals surface area (Å²) in [5.74, 6) is -0.620. The molecule has 0 bridgehead atoms. The monoisotopic (exact) mass is 464 g/mol. The van der Waals surface area contributed by atoms with Crippen LogP contribution in [0, 0.1) is 0 Å². The zero-order chi connectivity index (χ0) is 25.2. The van der Waals surface area contributed by atoms with Crippen molar-refractivity contribution in [3.05, 3.63) is 37.0 Å². The van der Waals surface area contributed by atoms with Gasteiger partial charge in [-0.1, -0.05) is 129 Å². The molecule has 0 saturated carbocycles. The molecule has 0 aromatic rings. The molecule has 0 aromatic heterocycles. The Morgan fingerprint density at radius 2 is 0.939 bits per heavy atom. The lowest BCUT2D eigenvalue weighted by molar-refractivity contribution is -0.139. The van der Waals surface area contributed by atoms with Gasteiger partial charge in [0.05, 0.1) is 6.61 Å². The highest BCUT2D eigenvalue weighted by molar-refractivity contribution is 5.87. The average molecular weight is 465 g/mol. The molecule has 0 spiro atoms. The summed E-state index contributed by atoms with van der Waals surface area (Å²) in [6, 6.07) is 0. The van der Waals surface area contributed by atoms with Gasteiger partial charge in [-0.3, -0.25) is 0 Å². The van der Waals surface area contributed by atoms with Crippen molar-refractivity contribution in [1.29, 1.82) is 0 Å². The summed E-state index contributed by atoms with van der Waals surface area (Å²) in [6.45, 7) is 16.7. The third-order valence-electron chi connectivity index (χ3n) is 5.26. The number of unbranched alkanes of at least 4 members (excludes halogenated alkanes) is 15. The topological polar surface area (TPSA) is 52.6 Å². The van der Waals surface area contributed by atoms with Crippen molar-refractivity contribution in [1.82, 2.24) is 0 Å². The summed E-state index contributed by atoms with van der Waals surface area (Å²) in [6.07, 6.45) is 23.3. The number of hydrogen-bond acceptors (Lipinski definition) is 4. The van der Waals surface area contributed by atoms with Crippen molar-refractivity contribution in [3.63, 3.8) is 0 Å². The van der Waals surface area contributed by atoms with Crippen LogP contribution in [0.2, 0.25) is 0 Å². The van der Waals surface area contributed by atoms with Gasteiger partial charge in [-0.05, 0) is 20.3 Å². The third-order valence-corrected chi connectivity index (χ3v) is 5.26. The highest BCUT2D eigenvalue weighted by atomic mass is 16.5. The lowest BCUT2D eigenvalue weighted by Crippen LogP contribution is -2.05. The minimum absolute atomic E-state index is 0.254. The Kier molecular flexibility index (Phi) is 26.7. The van der Waals surface area contributed by atoms with Gasteiger partial charge in [0.15, 0.2) is 0 Å². The molecule has 4 nitrogen and oxygen atoms in total. The lowest BCUT2D eigenvalue weighted by Gasteiger charge is -2.05. The molecule has 0 amide bonds. The van der Waals surface area contributed by atoms with Gasteiger partial charge in [-0.2, -0.15) is 0 Å². The van der Waals surface area contributed by atoms with Gasteiger partial charge in [-0.15, -0.1) is 0 Å². The molecule has 0 aliphatic carbocycles. The van der Waals surface area contributed by atoms with Crippen LogP contribution in [0.4, 0.5) is 0 Å². The van der Waals surface area contributed by atoms with Crippen LogP contribution >= 0.6 is 0 Å². The van der Waals surface area contributed by atoms with E-state index in [1.165, 1.54) is 102 Å². The summed E-state index contributed by atoms with van der Waals surface area (Å²) in [4.78, 5) is 21.7. The van der Waals surface area contributed by atoms with Crippen LogP contribution in [-0.2, 0) is 19.1 Å². The van der Waals surface area contributed by atoms with E-state index >= 15 is 0 Å². The van der Waals surface area contributed by atoms with Crippen molar-refractivity contribution in [2.24, 2.45) is 0 Å². The quantitative estimate of drug-likeness (QED) is 0.0738. The zero-order valence-electron chi connectivity index (χ0n) is 22.1. The van der Waals surface area contributed by atoms with E-state index in [4.69, 9.17) is 4.74 Å². The zero-order valence-corrected chi connectivity index (χ0v) is 22.1. The Morgan fingerprint density at radius 3 is 1.27 bits per heavy atom. The van der Waals surface area contributed by atoms with E-state index in [1.54, 1.807) is 13.8 Å². The number of carbonyl (C=O) groups is 2. The van der Waals surface area contributed by atoms with Gasteiger partial charge in [-0.25, -0.2) is 9.59 Å². The Bertz CT molecular complexity index is 522. The first-order valence-electron chi connectivity index (χ1n) is 13.1. The van der Waals surface area contributed by atoms with E-state index in [0.29, 0.717) is 17.8 Å². The molecule has 0 unspecified atom stereocenters. The SMILES string of the molecule is C=C(C)C(=O)OCCCCCCCCCCCCCCCCCC.C=CCOC(=O)C(=C)C. The molecular weight excluding hydrogens is 412 g/mol. The minimum Gasteiger partial charge on any atom is -0.462 e. The predicted molar refractivity (Wildman–Crippen MR) is 141 cm³/mol. The third kappa shape index (κ3) is 28.1. The number of ether oxygens (including phenoxy) is 2. The largest absolute Gasteiger partial charge is 0.462 e. The van der Waals surface area contributed by atoms with E-state index < -0.39 is 0 Å². The van der Waals surface area contributed by atoms with Crippen LogP contribution in [0.25, 0.3) is 0 Å². The van der Waals surface area contributed by atoms with Gasteiger partial charge in [0.2, 0.25) is 0 Å². The van der Waals surface area contributed by atoms with Gasteiger partial charge < -0.3 is 9.47 Å². The maximum Gasteiger partial charge on any atom is 0.333 e. The molecular formula is C29H52O4. The Balaban J connectivity index is 0. The standard InChI is InChI=1S/C22H42O2.C7H10O2/c1-4-5-6-7-8-9-10-11-12-13-14-15-16-17-18-19-20-24-22(23)21(2)3;1-4-5-9-7(8)6(2)3/h2,4-20H2,1,3H3;4H,1-2,5H2,3H3. The normalized spacial score (nSPS) is 10.0. The fourth-order valence-electron chi connectivity index (χ4n) is 3.20. The predicted octanol–water partition coefficient (Wildman–Crippen LogP) is 8.66. The van der Waals surface area contributed by atoms with Crippen LogP contribution in [0.3, 0.4) is 0 Å². The smallest absolute Gasteiger partial charge is 0.333 e. The molecule has 0 radical (unpaired) electrons. The second kappa shape index (κ2) is 26.4. The Morgan fingerprint density at radius 1 is 0.606 bits per heavy atom. The highest BCUT2D eigenvalue weighted by Gasteiger charge is 2.02. The van der Waals surface area contributed by atoms with Crippen molar-refractivity contribution in [3.8, 4) is 0 Å². The summed E-state index contributed by atoms with van der Waals surface area (Å²) in [5.41, 5.74) is 0.906. The van der Waals surface area contributed by atoms with Crippen LogP contribution in [0.1, 0.15) is 124 Å². The molecule has 0 fully saturated rings. The molecule has 0 aliphatic heterocycles. The molecule has 33 heavy (non-hydrogen) atoms. The molecule has 0 N–H and O–H groups in total. The van der Waals surface area contributed by atoms with E-state index in [1.807, 2.05) is 0 Å². The van der Waals surface area contributed by atoms with Gasteiger partial charge >= 0.3 is 11.9 Å². The van der Waals surface area contributed by atoms with E-state index in [-0.39, 0.29) is 18.5 Å². The molecule has 4 heteroatoms. The molecule has 192 valence electrons. The summed E-state index contributed by atoms with van der Waals surface area (Å²) < 4.78 is 9.68. The maximum absolute atomic E-state index is 11.2. The molecule has 0 saturated heterocycles. The number of hydrogen-bond donors (Lipinski definition) is 0. The fraction of sp³-hybridized carbons (Fsp3) is 0.724. The second-order valence-electron chi connectivity index (χ2n) is 8.89.